The molecule has 0 aromatic heterocycles. The molecule has 1 heterocycles. The van der Waals surface area contributed by atoms with Crippen molar-refractivity contribution >= 4 is 18.7 Å². The molecule has 0 spiro atoms. The molecule has 1 aromatic carbocycles. The molecule has 1 aliphatic rings. The molecule has 4 N–H and O–H groups in total. The third-order valence-corrected chi connectivity index (χ3v) is 1.32. The summed E-state index contributed by atoms with van der Waals surface area (Å²) in [4.78, 5) is 14.2. The summed E-state index contributed by atoms with van der Waals surface area (Å²) in [5, 5.41) is 0. The minimum absolute atomic E-state index is 0.573. The smallest absolute Gasteiger partial charge is 0.490 e. The van der Waals surface area contributed by atoms with Gasteiger partial charge in [-0.3, -0.25) is 9.11 Å². The molecule has 0 amide bonds. The molecule has 2 rings (SSSR count). The van der Waals surface area contributed by atoms with Crippen LogP contribution in [0.2, 0.25) is 0 Å². The van der Waals surface area contributed by atoms with E-state index in [4.69, 9.17) is 36.6 Å². The molecule has 1 fully saturated rings. The highest BCUT2D eigenvalue weighted by Crippen LogP contribution is 2.07. The van der Waals surface area contributed by atoms with E-state index < -0.39 is 18.7 Å². The first-order valence-corrected chi connectivity index (χ1v) is 8.14. The Labute approximate surface area is 129 Å². The Balaban J connectivity index is 0. The van der Waals surface area contributed by atoms with Crippen molar-refractivity contribution in [3.63, 3.8) is 0 Å². The quantitative estimate of drug-likeness (QED) is 0.271. The van der Waals surface area contributed by atoms with E-state index in [1.54, 1.807) is 6.08 Å². The first kappa shape index (κ1) is 22.9. The standard InChI is InChI=1S/C9H10O.C2H4O.H2O4S.HO3P/c1-2-8-10-9-6-4-3-5-7-9;1-2-3-1;1-5(2,3)4;1-4(2)3/h2-7H,1,8H2;1-2H2;(H2,1,2,3,4);(H-,1,2,3)/p+1. The largest absolute Gasteiger partial charge is 0.692 e. The van der Waals surface area contributed by atoms with Crippen molar-refractivity contribution in [3.8, 4) is 5.75 Å². The maximum atomic E-state index is 8.74. The van der Waals surface area contributed by atoms with E-state index in [2.05, 4.69) is 11.3 Å². The summed E-state index contributed by atoms with van der Waals surface area (Å²) in [5.74, 6) is 0.891. The highest BCUT2D eigenvalue weighted by molar-refractivity contribution is 7.79. The summed E-state index contributed by atoms with van der Waals surface area (Å²) in [6, 6.07) is 9.69. The third-order valence-electron chi connectivity index (χ3n) is 1.32. The maximum absolute atomic E-state index is 8.74. The van der Waals surface area contributed by atoms with Crippen LogP contribution in [0.4, 0.5) is 0 Å². The molecule has 0 bridgehead atoms. The van der Waals surface area contributed by atoms with Crippen LogP contribution < -0.4 is 4.74 Å². The van der Waals surface area contributed by atoms with Gasteiger partial charge in [0.05, 0.1) is 13.2 Å². The van der Waals surface area contributed by atoms with Crippen LogP contribution in [0, 0.1) is 0 Å². The average Bonchev–Trinajstić information content (AvgIpc) is 3.23. The number of ether oxygens (including phenoxy) is 2. The Morgan fingerprint density at radius 1 is 1.23 bits per heavy atom. The zero-order valence-electron chi connectivity index (χ0n) is 11.5. The monoisotopic (exact) mass is 357 g/mol. The minimum Gasteiger partial charge on any atom is -0.490 e. The molecule has 0 aliphatic carbocycles. The molecule has 9 nitrogen and oxygen atoms in total. The van der Waals surface area contributed by atoms with Crippen LogP contribution in [0.1, 0.15) is 0 Å². The Morgan fingerprint density at radius 2 is 1.59 bits per heavy atom. The van der Waals surface area contributed by atoms with Crippen LogP contribution in [-0.4, -0.2) is 47.1 Å². The van der Waals surface area contributed by atoms with Gasteiger partial charge in [0.15, 0.2) is 0 Å². The summed E-state index contributed by atoms with van der Waals surface area (Å²) in [7, 11) is -7.54. The van der Waals surface area contributed by atoms with E-state index >= 15 is 0 Å². The van der Waals surface area contributed by atoms with Crippen LogP contribution in [0.5, 0.6) is 5.75 Å². The number of rotatable bonds is 3. The van der Waals surface area contributed by atoms with Gasteiger partial charge >= 0.3 is 18.7 Å². The van der Waals surface area contributed by atoms with Crippen LogP contribution >= 0.6 is 8.25 Å². The molecular formula is C11H18O9PS+. The molecule has 11 heteroatoms. The molecular weight excluding hydrogens is 339 g/mol. The lowest BCUT2D eigenvalue weighted by Crippen LogP contribution is -1.91. The molecule has 1 saturated heterocycles. The summed E-state index contributed by atoms with van der Waals surface area (Å²) in [6.45, 7) is 6.12. The fraction of sp³-hybridized carbons (Fsp3) is 0.273. The van der Waals surface area contributed by atoms with Crippen molar-refractivity contribution in [1.29, 1.82) is 0 Å². The molecule has 1 aromatic rings. The Bertz CT molecular complexity index is 487. The van der Waals surface area contributed by atoms with Gasteiger partial charge in [0.25, 0.3) is 0 Å². The summed E-state index contributed by atoms with van der Waals surface area (Å²) >= 11 is 0. The summed E-state index contributed by atoms with van der Waals surface area (Å²) in [5.41, 5.74) is 0. The van der Waals surface area contributed by atoms with Gasteiger partial charge in [0.2, 0.25) is 0 Å². The SMILES string of the molecule is C1CO1.C=CCOc1ccccc1.O=S(=O)(O)O.O=[P+](O)O. The molecule has 126 valence electrons. The highest BCUT2D eigenvalue weighted by Gasteiger charge is 1.94. The lowest BCUT2D eigenvalue weighted by molar-refractivity contribution is 0.363. The first-order valence-electron chi connectivity index (χ1n) is 5.58. The first-order chi connectivity index (χ1) is 10.2. The van der Waals surface area contributed by atoms with Gasteiger partial charge in [-0.15, -0.1) is 9.79 Å². The highest BCUT2D eigenvalue weighted by atomic mass is 32.3. The summed E-state index contributed by atoms with van der Waals surface area (Å²) in [6.07, 6.45) is 1.73. The fourth-order valence-electron chi connectivity index (χ4n) is 0.672. The second kappa shape index (κ2) is 14.5. The van der Waals surface area contributed by atoms with E-state index in [1.165, 1.54) is 0 Å². The van der Waals surface area contributed by atoms with E-state index in [9.17, 15) is 0 Å². The lowest BCUT2D eigenvalue weighted by Gasteiger charge is -1.99. The number of benzene rings is 1. The molecule has 22 heavy (non-hydrogen) atoms. The van der Waals surface area contributed by atoms with Gasteiger partial charge in [0.1, 0.15) is 12.4 Å². The summed E-state index contributed by atoms with van der Waals surface area (Å²) < 4.78 is 50.0. The normalized spacial score (nSPS) is 11.1. The van der Waals surface area contributed by atoms with E-state index in [-0.39, 0.29) is 0 Å². The Kier molecular flexibility index (Phi) is 15.1. The number of hydrogen-bond acceptors (Lipinski definition) is 5. The van der Waals surface area contributed by atoms with Crippen molar-refractivity contribution in [1.82, 2.24) is 0 Å². The van der Waals surface area contributed by atoms with E-state index in [1.807, 2.05) is 30.3 Å². The van der Waals surface area contributed by atoms with Crippen molar-refractivity contribution in [2.75, 3.05) is 19.8 Å². The molecule has 1 aliphatic heterocycles. The molecule has 0 atom stereocenters. The van der Waals surface area contributed by atoms with Crippen molar-refractivity contribution in [2.24, 2.45) is 0 Å². The number of hydrogen-bond donors (Lipinski definition) is 4. The maximum Gasteiger partial charge on any atom is 0.692 e. The number of para-hydroxylation sites is 1. The van der Waals surface area contributed by atoms with Gasteiger partial charge in [-0.2, -0.15) is 8.42 Å². The predicted octanol–water partition coefficient (Wildman–Crippen LogP) is 1.24. The number of epoxide rings is 1. The van der Waals surface area contributed by atoms with Crippen LogP contribution in [0.3, 0.4) is 0 Å². The van der Waals surface area contributed by atoms with E-state index in [0.717, 1.165) is 19.0 Å². The van der Waals surface area contributed by atoms with Crippen LogP contribution in [-0.2, 0) is 19.7 Å². The van der Waals surface area contributed by atoms with Crippen LogP contribution in [0.25, 0.3) is 0 Å². The van der Waals surface area contributed by atoms with E-state index in [0.29, 0.717) is 6.61 Å². The van der Waals surface area contributed by atoms with Crippen molar-refractivity contribution in [2.45, 2.75) is 0 Å². The second-order valence-corrected chi connectivity index (χ2v) is 4.63. The van der Waals surface area contributed by atoms with Crippen molar-refractivity contribution in [3.05, 3.63) is 43.0 Å². The molecule has 0 unspecified atom stereocenters. The average molecular weight is 357 g/mol. The Hall–Kier alpha value is -1.39. The molecule has 0 radical (unpaired) electrons. The van der Waals surface area contributed by atoms with Crippen molar-refractivity contribution < 1.29 is 41.3 Å². The van der Waals surface area contributed by atoms with Gasteiger partial charge in [-0.25, -0.2) is 0 Å². The zero-order valence-corrected chi connectivity index (χ0v) is 13.2. The predicted molar refractivity (Wildman–Crippen MR) is 79.2 cm³/mol. The van der Waals surface area contributed by atoms with Gasteiger partial charge in [0, 0.05) is 4.57 Å². The molecule has 0 saturated carbocycles. The van der Waals surface area contributed by atoms with Crippen LogP contribution in [0.15, 0.2) is 43.0 Å². The zero-order chi connectivity index (χ0) is 17.4. The minimum atomic E-state index is -4.67. The fourth-order valence-corrected chi connectivity index (χ4v) is 0.672. The Morgan fingerprint density at radius 3 is 1.86 bits per heavy atom. The van der Waals surface area contributed by atoms with Gasteiger partial charge in [-0.05, 0) is 12.1 Å². The second-order valence-electron chi connectivity index (χ2n) is 3.23. The van der Waals surface area contributed by atoms with Gasteiger partial charge in [-0.1, -0.05) is 30.9 Å². The topological polar surface area (TPSA) is 154 Å². The third kappa shape index (κ3) is 42.8. The van der Waals surface area contributed by atoms with Gasteiger partial charge < -0.3 is 9.47 Å². The lowest BCUT2D eigenvalue weighted by atomic mass is 10.3.